The van der Waals surface area contributed by atoms with E-state index in [1.165, 1.54) is 12.1 Å². The van der Waals surface area contributed by atoms with Crippen molar-refractivity contribution in [1.82, 2.24) is 25.6 Å². The van der Waals surface area contributed by atoms with Crippen LogP contribution in [0.1, 0.15) is 18.4 Å². The smallest absolute Gasteiger partial charge is 0.410 e. The Kier molecular flexibility index (Phi) is 9.45. The number of aliphatic imine (C=N–C) groups is 1. The second-order valence-electron chi connectivity index (χ2n) is 11.8. The van der Waals surface area contributed by atoms with Crippen molar-refractivity contribution in [3.63, 3.8) is 0 Å². The van der Waals surface area contributed by atoms with Crippen LogP contribution in [0.15, 0.2) is 87.8 Å². The van der Waals surface area contributed by atoms with Crippen LogP contribution in [0.5, 0.6) is 0 Å². The quantitative estimate of drug-likeness (QED) is 0.196. The second kappa shape index (κ2) is 13.9. The molecule has 3 aromatic carbocycles. The fraction of sp³-hybridized carbons (Fsp3) is 0.344. The number of likely N-dealkylation sites (tertiary alicyclic amines) is 1. The summed E-state index contributed by atoms with van der Waals surface area (Å²) in [6.45, 7) is 1.32. The summed E-state index contributed by atoms with van der Waals surface area (Å²) >= 11 is 0. The van der Waals surface area contributed by atoms with Gasteiger partial charge in [0, 0.05) is 32.5 Å². The lowest BCUT2D eigenvalue weighted by atomic mass is 9.94. The summed E-state index contributed by atoms with van der Waals surface area (Å²) in [5, 5.41) is 24.0. The van der Waals surface area contributed by atoms with Crippen molar-refractivity contribution in [2.75, 3.05) is 32.7 Å². The molecule has 16 heteroatoms. The summed E-state index contributed by atoms with van der Waals surface area (Å²) in [6.07, 6.45) is -0.178. The van der Waals surface area contributed by atoms with Crippen molar-refractivity contribution in [1.29, 1.82) is 0 Å². The summed E-state index contributed by atoms with van der Waals surface area (Å²) < 4.78 is 33.9. The Morgan fingerprint density at radius 3 is 2.60 bits per heavy atom. The third-order valence-electron chi connectivity index (χ3n) is 8.32. The number of rotatable bonds is 11. The van der Waals surface area contributed by atoms with E-state index in [0.29, 0.717) is 37.4 Å². The molecular formula is C32H35N7O8S. The number of benzene rings is 3. The Morgan fingerprint density at radius 1 is 1.08 bits per heavy atom. The Bertz CT molecular complexity index is 1870. The topological polar surface area (TPSA) is 200 Å². The molecule has 2 amide bonds. The molecule has 3 aliphatic heterocycles. The van der Waals surface area contributed by atoms with Crippen LogP contribution < -0.4 is 20.7 Å². The number of carboxylic acid groups (broad SMARTS) is 1. The van der Waals surface area contributed by atoms with Crippen molar-refractivity contribution in [2.24, 2.45) is 10.1 Å². The van der Waals surface area contributed by atoms with Crippen molar-refractivity contribution in [3.05, 3.63) is 78.4 Å². The first-order valence-corrected chi connectivity index (χ1v) is 16.9. The molecule has 0 saturated carbocycles. The largest absolute Gasteiger partial charge is 0.480 e. The average Bonchev–Trinajstić information content (AvgIpc) is 3.85. The van der Waals surface area contributed by atoms with E-state index in [4.69, 9.17) is 9.57 Å². The van der Waals surface area contributed by atoms with Gasteiger partial charge in [0.15, 0.2) is 11.6 Å². The highest BCUT2D eigenvalue weighted by Crippen LogP contribution is 2.38. The number of amides is 2. The fourth-order valence-corrected chi connectivity index (χ4v) is 7.10. The van der Waals surface area contributed by atoms with Crippen molar-refractivity contribution < 1.29 is 37.5 Å². The van der Waals surface area contributed by atoms with Crippen LogP contribution >= 0.6 is 0 Å². The van der Waals surface area contributed by atoms with Gasteiger partial charge in [0.1, 0.15) is 18.4 Å². The van der Waals surface area contributed by atoms with Gasteiger partial charge in [0.05, 0.1) is 24.0 Å². The number of carbonyl (C=O) groups excluding carboxylic acids is 2. The number of carboxylic acids is 1. The molecular weight excluding hydrogens is 642 g/mol. The van der Waals surface area contributed by atoms with E-state index in [-0.39, 0.29) is 36.2 Å². The van der Waals surface area contributed by atoms with E-state index >= 15 is 0 Å². The average molecular weight is 678 g/mol. The molecule has 1 saturated heterocycles. The lowest BCUT2D eigenvalue weighted by molar-refractivity contribution is -0.138. The van der Waals surface area contributed by atoms with Crippen LogP contribution in [0.2, 0.25) is 0 Å². The third kappa shape index (κ3) is 7.50. The predicted molar refractivity (Wildman–Crippen MR) is 175 cm³/mol. The van der Waals surface area contributed by atoms with Gasteiger partial charge < -0.3 is 30.6 Å². The highest BCUT2D eigenvalue weighted by molar-refractivity contribution is 7.89. The first-order valence-electron chi connectivity index (χ1n) is 15.4. The zero-order valence-corrected chi connectivity index (χ0v) is 26.6. The van der Waals surface area contributed by atoms with E-state index in [0.717, 1.165) is 10.9 Å². The number of fused-ring (bicyclic) bond motifs is 1. The number of nitrogens with zero attached hydrogens (tertiary/aromatic N) is 3. The molecule has 1 spiro atoms. The van der Waals surface area contributed by atoms with Gasteiger partial charge in [0.2, 0.25) is 10.0 Å². The van der Waals surface area contributed by atoms with Crippen molar-refractivity contribution in [2.45, 2.75) is 42.0 Å². The number of aliphatic carboxylic acids is 1. The minimum Gasteiger partial charge on any atom is -0.480 e. The molecule has 0 bridgehead atoms. The zero-order valence-electron chi connectivity index (χ0n) is 25.8. The Morgan fingerprint density at radius 2 is 1.85 bits per heavy atom. The Hall–Kier alpha value is -5.22. The lowest BCUT2D eigenvalue weighted by Crippen LogP contribution is -2.49. The molecule has 252 valence electrons. The van der Waals surface area contributed by atoms with Gasteiger partial charge >= 0.3 is 12.1 Å². The van der Waals surface area contributed by atoms with Crippen LogP contribution in [-0.2, 0) is 35.8 Å². The molecule has 0 aromatic heterocycles. The highest BCUT2D eigenvalue weighted by Gasteiger charge is 2.53. The normalized spacial score (nSPS) is 20.8. The summed E-state index contributed by atoms with van der Waals surface area (Å²) in [7, 11) is -4.24. The monoisotopic (exact) mass is 677 g/mol. The number of carbonyl (C=O) groups is 3. The first kappa shape index (κ1) is 32.7. The minimum atomic E-state index is -4.24. The summed E-state index contributed by atoms with van der Waals surface area (Å²) in [5.74, 6) is -1.56. The van der Waals surface area contributed by atoms with E-state index in [1.807, 2.05) is 42.5 Å². The number of hydrogen-bond donors (Lipinski definition) is 5. The molecule has 0 aliphatic carbocycles. The molecule has 3 aromatic rings. The molecule has 15 nitrogen and oxygen atoms in total. The molecule has 3 atom stereocenters. The van der Waals surface area contributed by atoms with Crippen LogP contribution in [0, 0.1) is 0 Å². The lowest BCUT2D eigenvalue weighted by Gasteiger charge is -2.24. The van der Waals surface area contributed by atoms with Gasteiger partial charge in [-0.3, -0.25) is 19.5 Å². The minimum absolute atomic E-state index is 0.00966. The number of hydrogen-bond acceptors (Lipinski definition) is 11. The molecule has 48 heavy (non-hydrogen) atoms. The van der Waals surface area contributed by atoms with Gasteiger partial charge in [-0.1, -0.05) is 65.8 Å². The predicted octanol–water partition coefficient (Wildman–Crippen LogP) is 1.16. The summed E-state index contributed by atoms with van der Waals surface area (Å²) in [4.78, 5) is 49.9. The van der Waals surface area contributed by atoms with Gasteiger partial charge in [0.25, 0.3) is 5.91 Å². The molecule has 0 radical (unpaired) electrons. The number of oxime groups is 1. The molecule has 3 heterocycles. The SMILES string of the molecule is O=C(NCC(NS(=O)(=O)c1ccc2ccccc2c1)C(=O)O)C1=NO[C@]2(C1)CC(CNC1=NCCN1)N(C(=O)OCc1ccccc1)C2. The maximum atomic E-state index is 13.2. The van der Waals surface area contributed by atoms with Crippen molar-refractivity contribution in [3.8, 4) is 0 Å². The molecule has 2 unspecified atom stereocenters. The Balaban J connectivity index is 1.07. The van der Waals surface area contributed by atoms with Crippen LogP contribution in [0.25, 0.3) is 10.8 Å². The van der Waals surface area contributed by atoms with Crippen molar-refractivity contribution >= 4 is 50.4 Å². The van der Waals surface area contributed by atoms with E-state index in [9.17, 15) is 27.9 Å². The number of sulfonamides is 1. The zero-order chi connectivity index (χ0) is 33.7. The number of nitrogens with one attached hydrogen (secondary N) is 4. The second-order valence-corrected chi connectivity index (χ2v) is 13.5. The third-order valence-corrected chi connectivity index (χ3v) is 9.79. The van der Waals surface area contributed by atoms with Crippen LogP contribution in [-0.4, -0.2) is 98.5 Å². The van der Waals surface area contributed by atoms with E-state index in [2.05, 4.69) is 30.8 Å². The highest BCUT2D eigenvalue weighted by atomic mass is 32.2. The van der Waals surface area contributed by atoms with Gasteiger partial charge in [-0.25, -0.2) is 13.2 Å². The molecule has 3 aliphatic rings. The molecule has 1 fully saturated rings. The van der Waals surface area contributed by atoms with Gasteiger partial charge in [-0.15, -0.1) is 0 Å². The first-order chi connectivity index (χ1) is 23.1. The number of guanidine groups is 1. The van der Waals surface area contributed by atoms with Gasteiger partial charge in [-0.2, -0.15) is 4.72 Å². The molecule has 6 rings (SSSR count). The maximum Gasteiger partial charge on any atom is 0.410 e. The fourth-order valence-electron chi connectivity index (χ4n) is 5.88. The van der Waals surface area contributed by atoms with Gasteiger partial charge in [-0.05, 0) is 28.5 Å². The van der Waals surface area contributed by atoms with Crippen LogP contribution in [0.4, 0.5) is 4.79 Å². The van der Waals surface area contributed by atoms with Crippen LogP contribution in [0.3, 0.4) is 0 Å². The standard InChI is InChI=1S/C32H35N7O8S/c40-28(35-18-27(29(41)42)38-48(44,45)25-11-10-22-8-4-5-9-23(22)14-25)26-16-32(47-37-26)15-24(17-36-30-33-12-13-34-30)39(20-32)31(43)46-19-21-6-2-1-3-7-21/h1-11,14,24,27,38H,12-13,15-20H2,(H,35,40)(H,41,42)(H2,33,34,36)/t24?,27?,32-/m0/s1. The number of ether oxygens (including phenoxy) is 1. The van der Waals surface area contributed by atoms with E-state index in [1.54, 1.807) is 23.1 Å². The summed E-state index contributed by atoms with van der Waals surface area (Å²) in [5.41, 5.74) is -0.193. The summed E-state index contributed by atoms with van der Waals surface area (Å²) in [6, 6.07) is 18.9. The molecule has 5 N–H and O–H groups in total. The Labute approximate surface area is 276 Å². The maximum absolute atomic E-state index is 13.2. The van der Waals surface area contributed by atoms with E-state index < -0.39 is 46.2 Å².